The second-order valence-corrected chi connectivity index (χ2v) is 5.38. The number of amides is 1. The summed E-state index contributed by atoms with van der Waals surface area (Å²) >= 11 is 5.96. The first-order valence-electron chi connectivity index (χ1n) is 6.90. The van der Waals surface area contributed by atoms with E-state index >= 15 is 0 Å². The zero-order valence-electron chi connectivity index (χ0n) is 12.4. The number of carbonyl (C=O) groups excluding carboxylic acids is 1. The lowest BCUT2D eigenvalue weighted by Gasteiger charge is -2.05. The Balaban J connectivity index is 1.72. The van der Waals surface area contributed by atoms with Crippen LogP contribution in [-0.2, 0) is 6.54 Å². The molecule has 0 aliphatic carbocycles. The summed E-state index contributed by atoms with van der Waals surface area (Å²) in [6.07, 6.45) is 2.53. The van der Waals surface area contributed by atoms with Crippen LogP contribution in [-0.4, -0.2) is 30.8 Å². The van der Waals surface area contributed by atoms with Gasteiger partial charge in [0.2, 0.25) is 5.69 Å². The highest BCUT2D eigenvalue weighted by molar-refractivity contribution is 6.31. The lowest BCUT2D eigenvalue weighted by Crippen LogP contribution is -2.15. The molecule has 0 unspecified atom stereocenters. The molecule has 25 heavy (non-hydrogen) atoms. The number of nitrogens with zero attached hydrogens (tertiary/aromatic N) is 4. The number of hydrogen-bond acceptors (Lipinski definition) is 5. The van der Waals surface area contributed by atoms with Gasteiger partial charge in [0.15, 0.2) is 5.82 Å². The number of nitrogens with one attached hydrogen (secondary N) is 2. The number of aromatic amines is 1. The van der Waals surface area contributed by atoms with E-state index < -0.39 is 22.3 Å². The van der Waals surface area contributed by atoms with Crippen LogP contribution in [0.1, 0.15) is 16.1 Å². The second-order valence-electron chi connectivity index (χ2n) is 4.98. The van der Waals surface area contributed by atoms with Crippen molar-refractivity contribution in [2.24, 2.45) is 0 Å². The predicted octanol–water partition coefficient (Wildman–Crippen LogP) is 2.61. The third-order valence-corrected chi connectivity index (χ3v) is 3.62. The van der Waals surface area contributed by atoms with Crippen LogP contribution in [0.4, 0.5) is 15.9 Å². The number of nitro groups is 1. The summed E-state index contributed by atoms with van der Waals surface area (Å²) in [6.45, 7) is 0.263. The number of aromatic nitrogens is 4. The van der Waals surface area contributed by atoms with Crippen LogP contribution >= 0.6 is 11.6 Å². The average molecular weight is 365 g/mol. The molecular formula is C14H10ClFN6O3. The Hall–Kier alpha value is -3.27. The first-order valence-corrected chi connectivity index (χ1v) is 7.28. The number of halogens is 2. The Morgan fingerprint density at radius 1 is 1.44 bits per heavy atom. The Morgan fingerprint density at radius 2 is 2.24 bits per heavy atom. The number of H-pyrrole nitrogens is 1. The van der Waals surface area contributed by atoms with Crippen LogP contribution in [0.15, 0.2) is 36.7 Å². The monoisotopic (exact) mass is 364 g/mol. The van der Waals surface area contributed by atoms with Crippen LogP contribution in [0.2, 0.25) is 5.02 Å². The highest BCUT2D eigenvalue weighted by Crippen LogP contribution is 2.19. The molecule has 11 heteroatoms. The van der Waals surface area contributed by atoms with Crippen LogP contribution in [0, 0.1) is 15.9 Å². The maximum Gasteiger partial charge on any atom is 0.319 e. The summed E-state index contributed by atoms with van der Waals surface area (Å²) in [7, 11) is 0. The van der Waals surface area contributed by atoms with Crippen molar-refractivity contribution in [2.75, 3.05) is 5.32 Å². The zero-order chi connectivity index (χ0) is 18.0. The molecule has 0 saturated heterocycles. The van der Waals surface area contributed by atoms with E-state index in [-0.39, 0.29) is 23.1 Å². The van der Waals surface area contributed by atoms with Crippen molar-refractivity contribution in [3.63, 3.8) is 0 Å². The van der Waals surface area contributed by atoms with E-state index in [0.29, 0.717) is 5.56 Å². The summed E-state index contributed by atoms with van der Waals surface area (Å²) in [5.74, 6) is -0.996. The number of anilines is 1. The molecule has 2 aromatic heterocycles. The second kappa shape index (κ2) is 6.69. The van der Waals surface area contributed by atoms with Crippen LogP contribution in [0.3, 0.4) is 0 Å². The van der Waals surface area contributed by atoms with E-state index in [1.807, 2.05) is 0 Å². The van der Waals surface area contributed by atoms with E-state index in [0.717, 1.165) is 6.20 Å². The third-order valence-electron chi connectivity index (χ3n) is 3.27. The molecule has 0 spiro atoms. The topological polar surface area (TPSA) is 119 Å². The standard InChI is InChI=1S/C14H10ClFN6O3/c15-10-5-9(16)2-1-8(10)7-21-4-3-12(20-21)18-14(23)13-11(22(24)25)6-17-19-13/h1-6H,7H2,(H,17,19)(H,18,20,23). The first kappa shape index (κ1) is 16.6. The number of hydrogen-bond donors (Lipinski definition) is 2. The predicted molar refractivity (Wildman–Crippen MR) is 85.9 cm³/mol. The summed E-state index contributed by atoms with van der Waals surface area (Å²) in [5.41, 5.74) is -0.0654. The fraction of sp³-hybridized carbons (Fsp3) is 0.0714. The highest BCUT2D eigenvalue weighted by Gasteiger charge is 2.23. The van der Waals surface area contributed by atoms with Crippen molar-refractivity contribution in [2.45, 2.75) is 6.54 Å². The summed E-state index contributed by atoms with van der Waals surface area (Å²) in [6, 6.07) is 5.52. The minimum Gasteiger partial charge on any atom is -0.304 e. The maximum absolute atomic E-state index is 13.0. The number of rotatable bonds is 5. The van der Waals surface area contributed by atoms with E-state index in [1.165, 1.54) is 28.9 Å². The molecule has 0 bridgehead atoms. The minimum absolute atomic E-state index is 0.187. The van der Waals surface area contributed by atoms with Crippen molar-refractivity contribution in [3.05, 3.63) is 68.9 Å². The molecule has 9 nitrogen and oxygen atoms in total. The largest absolute Gasteiger partial charge is 0.319 e. The molecule has 0 saturated carbocycles. The van der Waals surface area contributed by atoms with Gasteiger partial charge in [-0.2, -0.15) is 10.2 Å². The summed E-state index contributed by atoms with van der Waals surface area (Å²) < 4.78 is 14.5. The number of carbonyl (C=O) groups is 1. The Morgan fingerprint density at radius 3 is 2.96 bits per heavy atom. The van der Waals surface area contributed by atoms with E-state index in [2.05, 4.69) is 20.6 Å². The fourth-order valence-electron chi connectivity index (χ4n) is 2.10. The quantitative estimate of drug-likeness (QED) is 0.532. The van der Waals surface area contributed by atoms with Gasteiger partial charge < -0.3 is 5.32 Å². The Bertz CT molecular complexity index is 954. The van der Waals surface area contributed by atoms with Crippen LogP contribution in [0.25, 0.3) is 0 Å². The van der Waals surface area contributed by atoms with Gasteiger partial charge in [-0.05, 0) is 17.7 Å². The summed E-state index contributed by atoms with van der Waals surface area (Å²) in [4.78, 5) is 22.2. The van der Waals surface area contributed by atoms with Gasteiger partial charge in [0.1, 0.15) is 12.0 Å². The van der Waals surface area contributed by atoms with Crippen molar-refractivity contribution in [1.29, 1.82) is 0 Å². The molecule has 2 heterocycles. The molecule has 3 aromatic rings. The van der Waals surface area contributed by atoms with Gasteiger partial charge in [-0.25, -0.2) is 4.39 Å². The van der Waals surface area contributed by atoms with Gasteiger partial charge in [-0.1, -0.05) is 17.7 Å². The molecule has 1 amide bonds. The van der Waals surface area contributed by atoms with E-state index in [9.17, 15) is 19.3 Å². The molecule has 0 fully saturated rings. The van der Waals surface area contributed by atoms with Gasteiger partial charge in [0.05, 0.1) is 11.5 Å². The molecule has 0 atom stereocenters. The highest BCUT2D eigenvalue weighted by atomic mass is 35.5. The summed E-state index contributed by atoms with van der Waals surface area (Å²) in [5, 5.41) is 23.4. The van der Waals surface area contributed by atoms with Gasteiger partial charge in [-0.3, -0.25) is 24.7 Å². The van der Waals surface area contributed by atoms with Gasteiger partial charge >= 0.3 is 5.69 Å². The van der Waals surface area contributed by atoms with Crippen molar-refractivity contribution in [3.8, 4) is 0 Å². The van der Waals surface area contributed by atoms with Gasteiger partial charge in [-0.15, -0.1) is 0 Å². The van der Waals surface area contributed by atoms with Crippen molar-refractivity contribution < 1.29 is 14.1 Å². The molecule has 0 radical (unpaired) electrons. The van der Waals surface area contributed by atoms with Gasteiger partial charge in [0.25, 0.3) is 5.91 Å². The molecule has 3 rings (SSSR count). The van der Waals surface area contributed by atoms with Crippen LogP contribution in [0.5, 0.6) is 0 Å². The average Bonchev–Trinajstić information content (AvgIpc) is 3.19. The lowest BCUT2D eigenvalue weighted by atomic mass is 10.2. The fourth-order valence-corrected chi connectivity index (χ4v) is 2.33. The van der Waals surface area contributed by atoms with Gasteiger partial charge in [0, 0.05) is 17.3 Å². The van der Waals surface area contributed by atoms with E-state index in [4.69, 9.17) is 11.6 Å². The minimum atomic E-state index is -0.741. The normalized spacial score (nSPS) is 10.6. The molecule has 1 aromatic carbocycles. The Kier molecular flexibility index (Phi) is 4.44. The third kappa shape index (κ3) is 3.63. The maximum atomic E-state index is 13.0. The number of benzene rings is 1. The lowest BCUT2D eigenvalue weighted by molar-refractivity contribution is -0.385. The zero-order valence-corrected chi connectivity index (χ0v) is 13.2. The molecular weight excluding hydrogens is 355 g/mol. The van der Waals surface area contributed by atoms with Crippen molar-refractivity contribution in [1.82, 2.24) is 20.0 Å². The van der Waals surface area contributed by atoms with E-state index in [1.54, 1.807) is 6.20 Å². The molecule has 0 aliphatic rings. The Labute approximate surface area is 144 Å². The smallest absolute Gasteiger partial charge is 0.304 e. The molecule has 2 N–H and O–H groups in total. The SMILES string of the molecule is O=C(Nc1ccn(Cc2ccc(F)cc2Cl)n1)c1[nH]ncc1[N+](=O)[O-]. The molecule has 128 valence electrons. The van der Waals surface area contributed by atoms with Crippen LogP contribution < -0.4 is 5.32 Å². The molecule has 0 aliphatic heterocycles. The van der Waals surface area contributed by atoms with Crippen molar-refractivity contribution >= 4 is 29.0 Å². The first-order chi connectivity index (χ1) is 11.9.